The summed E-state index contributed by atoms with van der Waals surface area (Å²) in [5, 5.41) is 12.5. The molecule has 0 atom stereocenters. The maximum Gasteiger partial charge on any atom is 0.187 e. The van der Waals surface area contributed by atoms with Crippen LogP contribution in [-0.4, -0.2) is 19.5 Å². The molecule has 0 aliphatic carbocycles. The van der Waals surface area contributed by atoms with Crippen molar-refractivity contribution in [1.29, 1.82) is 5.26 Å². The smallest absolute Gasteiger partial charge is 0.187 e. The molecule has 8 aromatic rings. The highest BCUT2D eigenvalue weighted by molar-refractivity contribution is 6.10. The highest BCUT2D eigenvalue weighted by Crippen LogP contribution is 2.37. The van der Waals surface area contributed by atoms with Crippen LogP contribution in [0, 0.1) is 17.9 Å². The van der Waals surface area contributed by atoms with Gasteiger partial charge in [0.05, 0.1) is 28.9 Å². The number of nitriles is 1. The summed E-state index contributed by atoms with van der Waals surface area (Å²) in [6.45, 7) is 7.29. The lowest BCUT2D eigenvalue weighted by Gasteiger charge is -2.13. The van der Waals surface area contributed by atoms with Crippen LogP contribution in [-0.2, 0) is 0 Å². The highest BCUT2D eigenvalue weighted by Gasteiger charge is 2.18. The number of aromatic nitrogens is 4. The average molecular weight is 601 g/mol. The Labute approximate surface area is 271 Å². The largest absolute Gasteiger partial charge is 0.308 e. The van der Waals surface area contributed by atoms with Crippen LogP contribution in [0.3, 0.4) is 0 Å². The summed E-state index contributed by atoms with van der Waals surface area (Å²) in [6.07, 6.45) is 0. The van der Waals surface area contributed by atoms with E-state index in [2.05, 4.69) is 45.8 Å². The van der Waals surface area contributed by atoms with Gasteiger partial charge in [0.2, 0.25) is 0 Å². The topological polar surface area (TPSA) is 71.8 Å². The maximum atomic E-state index is 10.3. The third kappa shape index (κ3) is 4.97. The highest BCUT2D eigenvalue weighted by atomic mass is 15.0. The van der Waals surface area contributed by atoms with Crippen molar-refractivity contribution in [2.24, 2.45) is 0 Å². The van der Waals surface area contributed by atoms with Gasteiger partial charge in [-0.2, -0.15) is 5.26 Å². The first-order valence-electron chi connectivity index (χ1n) is 15.1. The van der Waals surface area contributed by atoms with E-state index in [9.17, 15) is 5.26 Å². The zero-order valence-corrected chi connectivity index (χ0v) is 25.0. The molecule has 218 valence electrons. The second-order valence-corrected chi connectivity index (χ2v) is 11.1. The Hall–Kier alpha value is -6.89. The fourth-order valence-corrected chi connectivity index (χ4v) is 6.03. The van der Waals surface area contributed by atoms with Crippen LogP contribution in [0.5, 0.6) is 0 Å². The van der Waals surface area contributed by atoms with E-state index in [-0.39, 0.29) is 0 Å². The van der Waals surface area contributed by atoms with E-state index >= 15 is 0 Å². The van der Waals surface area contributed by atoms with Gasteiger partial charge in [-0.25, -0.2) is 19.8 Å². The molecule has 47 heavy (non-hydrogen) atoms. The second kappa shape index (κ2) is 11.6. The summed E-state index contributed by atoms with van der Waals surface area (Å²) in [6, 6.07) is 50.2. The van der Waals surface area contributed by atoms with Crippen molar-refractivity contribution in [2.45, 2.75) is 0 Å². The molecule has 6 aromatic carbocycles. The van der Waals surface area contributed by atoms with Gasteiger partial charge in [0.25, 0.3) is 0 Å². The summed E-state index contributed by atoms with van der Waals surface area (Å²) in [7, 11) is 0. The molecule has 0 saturated heterocycles. The predicted molar refractivity (Wildman–Crippen MR) is 187 cm³/mol. The molecule has 2 aromatic heterocycles. The second-order valence-electron chi connectivity index (χ2n) is 11.1. The molecule has 0 spiro atoms. The molecule has 0 bridgehead atoms. The monoisotopic (exact) mass is 600 g/mol. The zero-order chi connectivity index (χ0) is 31.7. The van der Waals surface area contributed by atoms with Crippen molar-refractivity contribution in [2.75, 3.05) is 0 Å². The molecule has 2 heterocycles. The normalized spacial score (nSPS) is 10.9. The van der Waals surface area contributed by atoms with Gasteiger partial charge in [-0.05, 0) is 47.5 Å². The van der Waals surface area contributed by atoms with Crippen LogP contribution in [0.25, 0.3) is 77.6 Å². The third-order valence-corrected chi connectivity index (χ3v) is 8.32. The van der Waals surface area contributed by atoms with Crippen molar-refractivity contribution >= 4 is 27.5 Å². The Morgan fingerprint density at radius 2 is 1.06 bits per heavy atom. The summed E-state index contributed by atoms with van der Waals surface area (Å²) in [5.41, 5.74) is 8.51. The Bertz CT molecular complexity index is 2460. The molecule has 6 heteroatoms. The van der Waals surface area contributed by atoms with E-state index in [1.807, 2.05) is 115 Å². The molecular weight excluding hydrogens is 576 g/mol. The van der Waals surface area contributed by atoms with E-state index in [1.54, 1.807) is 0 Å². The molecule has 0 aliphatic heterocycles. The molecule has 0 aliphatic rings. The minimum absolute atomic E-state index is 0.523. The van der Waals surface area contributed by atoms with E-state index < -0.39 is 0 Å². The maximum absolute atomic E-state index is 10.3. The standard InChI is InChI=1S/C41H24N6/c1-43-33-21-18-27(19-22-33)30-20-23-37-35(24-30)34-14-8-9-15-36(34)47(37)38-25-31(16-17-32(38)26-42)41-45-39(28-10-4-2-5-11-28)44-40(46-41)29-12-6-3-7-13-29/h2-25H. The molecule has 0 N–H and O–H groups in total. The number of fused-ring (bicyclic) bond motifs is 3. The van der Waals surface area contributed by atoms with Crippen LogP contribution in [0.1, 0.15) is 5.56 Å². The molecule has 8 rings (SSSR count). The van der Waals surface area contributed by atoms with Crippen LogP contribution < -0.4 is 0 Å². The van der Waals surface area contributed by atoms with Gasteiger partial charge in [0.1, 0.15) is 6.07 Å². The SMILES string of the molecule is [C-]#[N+]c1ccc(-c2ccc3c(c2)c2ccccc2n3-c2cc(-c3nc(-c4ccccc4)nc(-c4ccccc4)n3)ccc2C#N)cc1. The fourth-order valence-electron chi connectivity index (χ4n) is 6.03. The van der Waals surface area contributed by atoms with Crippen LogP contribution in [0.15, 0.2) is 146 Å². The van der Waals surface area contributed by atoms with Gasteiger partial charge in [-0.1, -0.05) is 109 Å². The number of hydrogen-bond acceptors (Lipinski definition) is 4. The van der Waals surface area contributed by atoms with Crippen molar-refractivity contribution < 1.29 is 0 Å². The lowest BCUT2D eigenvalue weighted by molar-refractivity contribution is 1.07. The van der Waals surface area contributed by atoms with Gasteiger partial charge in [0.15, 0.2) is 23.2 Å². The molecule has 0 unspecified atom stereocenters. The number of nitrogens with zero attached hydrogens (tertiary/aromatic N) is 6. The van der Waals surface area contributed by atoms with E-state index in [0.29, 0.717) is 28.7 Å². The quantitative estimate of drug-likeness (QED) is 0.184. The van der Waals surface area contributed by atoms with Gasteiger partial charge in [-0.3, -0.25) is 0 Å². The van der Waals surface area contributed by atoms with Crippen molar-refractivity contribution in [3.8, 4) is 57.0 Å². The Kier molecular flexibility index (Phi) is 6.80. The minimum atomic E-state index is 0.523. The number of benzene rings is 6. The van der Waals surface area contributed by atoms with Crippen molar-refractivity contribution in [1.82, 2.24) is 19.5 Å². The molecule has 6 nitrogen and oxygen atoms in total. The lowest BCUT2D eigenvalue weighted by atomic mass is 10.0. The molecular formula is C41H24N6. The van der Waals surface area contributed by atoms with Crippen LogP contribution in [0.2, 0.25) is 0 Å². The minimum Gasteiger partial charge on any atom is -0.308 e. The average Bonchev–Trinajstić information content (AvgIpc) is 3.48. The summed E-state index contributed by atoms with van der Waals surface area (Å²) >= 11 is 0. The van der Waals surface area contributed by atoms with Crippen molar-refractivity contribution in [3.05, 3.63) is 163 Å². The molecule has 0 radical (unpaired) electrons. The Morgan fingerprint density at radius 3 is 1.70 bits per heavy atom. The van der Waals surface area contributed by atoms with E-state index in [4.69, 9.17) is 21.5 Å². The first-order chi connectivity index (χ1) is 23.2. The number of para-hydroxylation sites is 1. The van der Waals surface area contributed by atoms with Gasteiger partial charge >= 0.3 is 0 Å². The van der Waals surface area contributed by atoms with Gasteiger partial charge in [-0.15, -0.1) is 0 Å². The summed E-state index contributed by atoms with van der Waals surface area (Å²) < 4.78 is 2.15. The fraction of sp³-hybridized carbons (Fsp3) is 0. The molecule has 0 saturated carbocycles. The Morgan fingerprint density at radius 1 is 0.511 bits per heavy atom. The first kappa shape index (κ1) is 27.6. The van der Waals surface area contributed by atoms with Crippen LogP contribution >= 0.6 is 0 Å². The Balaban J connectivity index is 1.33. The summed E-state index contributed by atoms with van der Waals surface area (Å²) in [5.74, 6) is 1.68. The molecule has 0 fully saturated rings. The lowest BCUT2D eigenvalue weighted by Crippen LogP contribution is -2.02. The summed E-state index contributed by atoms with van der Waals surface area (Å²) in [4.78, 5) is 18.2. The zero-order valence-electron chi connectivity index (χ0n) is 25.0. The number of hydrogen-bond donors (Lipinski definition) is 0. The first-order valence-corrected chi connectivity index (χ1v) is 15.1. The predicted octanol–water partition coefficient (Wildman–Crippen LogP) is 10.1. The third-order valence-electron chi connectivity index (χ3n) is 8.32. The van der Waals surface area contributed by atoms with Crippen LogP contribution in [0.4, 0.5) is 5.69 Å². The van der Waals surface area contributed by atoms with Gasteiger partial charge in [0, 0.05) is 27.5 Å². The van der Waals surface area contributed by atoms with Crippen molar-refractivity contribution in [3.63, 3.8) is 0 Å². The molecule has 0 amide bonds. The number of rotatable bonds is 5. The van der Waals surface area contributed by atoms with E-state index in [1.165, 1.54) is 0 Å². The van der Waals surface area contributed by atoms with E-state index in [0.717, 1.165) is 55.3 Å². The van der Waals surface area contributed by atoms with Gasteiger partial charge < -0.3 is 4.57 Å².